The molecular weight excluding hydrogens is 310 g/mol. The number of hydrogen-bond donors (Lipinski definition) is 1. The van der Waals surface area contributed by atoms with Crippen LogP contribution < -0.4 is 5.32 Å². The number of ether oxygens (including phenoxy) is 1. The van der Waals surface area contributed by atoms with Gasteiger partial charge in [0.1, 0.15) is 5.69 Å². The highest BCUT2D eigenvalue weighted by molar-refractivity contribution is 5.91. The minimum atomic E-state index is -0.260. The second-order valence-electron chi connectivity index (χ2n) is 5.43. The van der Waals surface area contributed by atoms with Crippen LogP contribution in [0.3, 0.4) is 0 Å². The Labute approximate surface area is 137 Å². The van der Waals surface area contributed by atoms with Crippen molar-refractivity contribution in [3.05, 3.63) is 54.4 Å². The normalized spacial score (nSPS) is 16.6. The van der Waals surface area contributed by atoms with E-state index >= 15 is 0 Å². The van der Waals surface area contributed by atoms with Crippen LogP contribution in [0, 0.1) is 0 Å². The molecule has 0 bridgehead atoms. The SMILES string of the molecule is O=C(NC[C@H]1Cn2nnc(-c3cccnc3)c2CO1)c1ccco1. The van der Waals surface area contributed by atoms with Crippen LogP contribution in [-0.4, -0.2) is 38.5 Å². The fraction of sp³-hybridized carbons (Fsp3) is 0.250. The number of nitrogens with one attached hydrogen (secondary N) is 1. The van der Waals surface area contributed by atoms with Crippen LogP contribution in [0.25, 0.3) is 11.3 Å². The molecule has 1 amide bonds. The predicted molar refractivity (Wildman–Crippen MR) is 82.9 cm³/mol. The van der Waals surface area contributed by atoms with Crippen LogP contribution >= 0.6 is 0 Å². The van der Waals surface area contributed by atoms with Crippen molar-refractivity contribution < 1.29 is 13.9 Å². The summed E-state index contributed by atoms with van der Waals surface area (Å²) in [4.78, 5) is 16.0. The lowest BCUT2D eigenvalue weighted by molar-refractivity contribution is 0.00162. The maximum Gasteiger partial charge on any atom is 0.287 e. The smallest absolute Gasteiger partial charge is 0.287 e. The fourth-order valence-electron chi connectivity index (χ4n) is 2.62. The van der Waals surface area contributed by atoms with E-state index < -0.39 is 0 Å². The minimum Gasteiger partial charge on any atom is -0.459 e. The number of nitrogens with zero attached hydrogens (tertiary/aromatic N) is 4. The summed E-state index contributed by atoms with van der Waals surface area (Å²) in [6.45, 7) is 1.29. The summed E-state index contributed by atoms with van der Waals surface area (Å²) in [6.07, 6.45) is 4.77. The van der Waals surface area contributed by atoms with Crippen LogP contribution in [0.2, 0.25) is 0 Å². The van der Waals surface area contributed by atoms with E-state index in [2.05, 4.69) is 20.6 Å². The highest BCUT2D eigenvalue weighted by Crippen LogP contribution is 2.24. The lowest BCUT2D eigenvalue weighted by Crippen LogP contribution is -2.39. The summed E-state index contributed by atoms with van der Waals surface area (Å²) in [5.74, 6) is 0.0233. The lowest BCUT2D eigenvalue weighted by Gasteiger charge is -2.24. The zero-order valence-corrected chi connectivity index (χ0v) is 12.8. The van der Waals surface area contributed by atoms with Crippen molar-refractivity contribution in [3.8, 4) is 11.3 Å². The molecule has 3 aromatic rings. The van der Waals surface area contributed by atoms with Gasteiger partial charge in [0.15, 0.2) is 5.76 Å². The van der Waals surface area contributed by atoms with Crippen molar-refractivity contribution in [2.24, 2.45) is 0 Å². The Morgan fingerprint density at radius 2 is 2.33 bits per heavy atom. The maximum absolute atomic E-state index is 11.9. The first kappa shape index (κ1) is 14.6. The molecule has 1 aliphatic rings. The van der Waals surface area contributed by atoms with E-state index in [0.29, 0.717) is 19.7 Å². The van der Waals surface area contributed by atoms with Gasteiger partial charge in [-0.3, -0.25) is 9.78 Å². The summed E-state index contributed by atoms with van der Waals surface area (Å²) in [6, 6.07) is 7.09. The number of hydrogen-bond acceptors (Lipinski definition) is 6. The summed E-state index contributed by atoms with van der Waals surface area (Å²) >= 11 is 0. The highest BCUT2D eigenvalue weighted by Gasteiger charge is 2.25. The van der Waals surface area contributed by atoms with Gasteiger partial charge in [-0.1, -0.05) is 5.21 Å². The Morgan fingerprint density at radius 3 is 3.12 bits per heavy atom. The van der Waals surface area contributed by atoms with Crippen LogP contribution in [0.1, 0.15) is 16.2 Å². The Bertz CT molecular complexity index is 829. The van der Waals surface area contributed by atoms with Crippen molar-refractivity contribution in [1.29, 1.82) is 0 Å². The second kappa shape index (κ2) is 6.25. The molecule has 0 spiro atoms. The number of rotatable bonds is 4. The Kier molecular flexibility index (Phi) is 3.80. The van der Waals surface area contributed by atoms with E-state index in [9.17, 15) is 4.79 Å². The van der Waals surface area contributed by atoms with E-state index in [4.69, 9.17) is 9.15 Å². The molecule has 8 nitrogen and oxygen atoms in total. The molecule has 0 aromatic carbocycles. The summed E-state index contributed by atoms with van der Waals surface area (Å²) in [7, 11) is 0. The maximum atomic E-state index is 11.9. The average molecular weight is 325 g/mol. The monoisotopic (exact) mass is 325 g/mol. The van der Waals surface area contributed by atoms with Crippen LogP contribution in [-0.2, 0) is 17.9 Å². The van der Waals surface area contributed by atoms with Crippen molar-refractivity contribution in [2.75, 3.05) is 6.54 Å². The van der Waals surface area contributed by atoms with Gasteiger partial charge in [-0.05, 0) is 24.3 Å². The third kappa shape index (κ3) is 2.79. The second-order valence-corrected chi connectivity index (χ2v) is 5.43. The molecule has 1 atom stereocenters. The zero-order valence-electron chi connectivity index (χ0n) is 12.8. The molecular formula is C16H15N5O3. The largest absolute Gasteiger partial charge is 0.459 e. The Morgan fingerprint density at radius 1 is 1.38 bits per heavy atom. The number of aromatic nitrogens is 4. The molecule has 1 aliphatic heterocycles. The van der Waals surface area contributed by atoms with Gasteiger partial charge in [0.05, 0.1) is 31.2 Å². The van der Waals surface area contributed by atoms with Gasteiger partial charge < -0.3 is 14.5 Å². The molecule has 24 heavy (non-hydrogen) atoms. The third-order valence-corrected chi connectivity index (χ3v) is 3.84. The zero-order chi connectivity index (χ0) is 16.4. The van der Waals surface area contributed by atoms with Crippen LogP contribution in [0.15, 0.2) is 47.3 Å². The molecule has 0 fully saturated rings. The van der Waals surface area contributed by atoms with E-state index in [1.165, 1.54) is 6.26 Å². The summed E-state index contributed by atoms with van der Waals surface area (Å²) < 4.78 is 12.7. The van der Waals surface area contributed by atoms with Gasteiger partial charge in [0.2, 0.25) is 0 Å². The van der Waals surface area contributed by atoms with E-state index in [0.717, 1.165) is 17.0 Å². The van der Waals surface area contributed by atoms with Crippen LogP contribution in [0.4, 0.5) is 0 Å². The molecule has 0 saturated heterocycles. The predicted octanol–water partition coefficient (Wildman–Crippen LogP) is 1.26. The van der Waals surface area contributed by atoms with Gasteiger partial charge in [-0.25, -0.2) is 4.68 Å². The van der Waals surface area contributed by atoms with Gasteiger partial charge >= 0.3 is 0 Å². The first-order chi connectivity index (χ1) is 11.8. The Hall–Kier alpha value is -3.00. The standard InChI is InChI=1S/C16H15N5O3/c22-16(14-4-2-6-23-14)18-8-12-9-21-13(10-24-12)15(19-20-21)11-3-1-5-17-7-11/h1-7,12H,8-10H2,(H,18,22)/t12-/m0/s1. The Balaban J connectivity index is 1.42. The molecule has 3 aromatic heterocycles. The van der Waals surface area contributed by atoms with Crippen molar-refractivity contribution >= 4 is 5.91 Å². The van der Waals surface area contributed by atoms with E-state index in [1.807, 2.05) is 16.8 Å². The van der Waals surface area contributed by atoms with Crippen molar-refractivity contribution in [1.82, 2.24) is 25.3 Å². The topological polar surface area (TPSA) is 95.1 Å². The molecule has 0 saturated carbocycles. The first-order valence-electron chi connectivity index (χ1n) is 7.57. The molecule has 0 aliphatic carbocycles. The number of furan rings is 1. The fourth-order valence-corrected chi connectivity index (χ4v) is 2.62. The third-order valence-electron chi connectivity index (χ3n) is 3.84. The number of pyridine rings is 1. The molecule has 0 unspecified atom stereocenters. The lowest BCUT2D eigenvalue weighted by atomic mass is 10.1. The molecule has 4 rings (SSSR count). The summed E-state index contributed by atoms with van der Waals surface area (Å²) in [5, 5.41) is 11.2. The minimum absolute atomic E-state index is 0.167. The van der Waals surface area contributed by atoms with Crippen LogP contribution in [0.5, 0.6) is 0 Å². The number of carbonyl (C=O) groups is 1. The number of fused-ring (bicyclic) bond motifs is 1. The molecule has 1 N–H and O–H groups in total. The van der Waals surface area contributed by atoms with E-state index in [-0.39, 0.29) is 17.8 Å². The number of carbonyl (C=O) groups excluding carboxylic acids is 1. The molecule has 4 heterocycles. The van der Waals surface area contributed by atoms with Gasteiger partial charge in [-0.15, -0.1) is 5.10 Å². The molecule has 0 radical (unpaired) electrons. The molecule has 8 heteroatoms. The molecule has 122 valence electrons. The van der Waals surface area contributed by atoms with Crippen molar-refractivity contribution in [2.45, 2.75) is 19.3 Å². The quantitative estimate of drug-likeness (QED) is 0.776. The van der Waals surface area contributed by atoms with Gasteiger partial charge in [0, 0.05) is 24.5 Å². The van der Waals surface area contributed by atoms with Gasteiger partial charge in [-0.2, -0.15) is 0 Å². The van der Waals surface area contributed by atoms with E-state index in [1.54, 1.807) is 24.5 Å². The highest BCUT2D eigenvalue weighted by atomic mass is 16.5. The van der Waals surface area contributed by atoms with Gasteiger partial charge in [0.25, 0.3) is 5.91 Å². The van der Waals surface area contributed by atoms with Crippen molar-refractivity contribution in [3.63, 3.8) is 0 Å². The number of amides is 1. The first-order valence-corrected chi connectivity index (χ1v) is 7.57. The average Bonchev–Trinajstić information content (AvgIpc) is 3.30. The summed E-state index contributed by atoms with van der Waals surface area (Å²) in [5.41, 5.74) is 2.60.